The number of hydrogen-bond acceptors (Lipinski definition) is 2. The van der Waals surface area contributed by atoms with Crippen molar-refractivity contribution >= 4 is 12.1 Å². The molecule has 0 heterocycles. The summed E-state index contributed by atoms with van der Waals surface area (Å²) in [6.45, 7) is 7.89. The molecule has 0 bridgehead atoms. The zero-order valence-electron chi connectivity index (χ0n) is 13.1. The Kier molecular flexibility index (Phi) is 10.2. The molecule has 0 saturated carbocycles. The van der Waals surface area contributed by atoms with Gasteiger partial charge < -0.3 is 4.79 Å². The number of carbonyl (C=O) groups excluding carboxylic acids is 2. The lowest BCUT2D eigenvalue weighted by Gasteiger charge is -2.03. The van der Waals surface area contributed by atoms with Gasteiger partial charge in [0.25, 0.3) is 0 Å². The van der Waals surface area contributed by atoms with Crippen LogP contribution in [0.2, 0.25) is 0 Å². The molecular weight excluding hydrogens is 248 g/mol. The van der Waals surface area contributed by atoms with E-state index in [9.17, 15) is 9.59 Å². The molecule has 0 aliphatic heterocycles. The van der Waals surface area contributed by atoms with Gasteiger partial charge in [-0.3, -0.25) is 4.79 Å². The number of allylic oxidation sites excluding steroid dienone is 2. The highest BCUT2D eigenvalue weighted by atomic mass is 16.1. The quantitative estimate of drug-likeness (QED) is 0.422. The molecule has 1 unspecified atom stereocenters. The first-order valence-corrected chi connectivity index (χ1v) is 7.10. The van der Waals surface area contributed by atoms with Crippen molar-refractivity contribution in [3.8, 4) is 0 Å². The Labute approximate surface area is 122 Å². The summed E-state index contributed by atoms with van der Waals surface area (Å²) >= 11 is 0. The van der Waals surface area contributed by atoms with E-state index in [0.29, 0.717) is 12.3 Å². The Morgan fingerprint density at radius 2 is 1.75 bits per heavy atom. The van der Waals surface area contributed by atoms with E-state index in [1.54, 1.807) is 6.92 Å². The van der Waals surface area contributed by atoms with Crippen LogP contribution in [0.5, 0.6) is 0 Å². The van der Waals surface area contributed by atoms with E-state index in [2.05, 4.69) is 26.8 Å². The lowest BCUT2D eigenvalue weighted by Crippen LogP contribution is -1.93. The molecule has 110 valence electrons. The van der Waals surface area contributed by atoms with Gasteiger partial charge in [0, 0.05) is 12.0 Å². The summed E-state index contributed by atoms with van der Waals surface area (Å²) in [5, 5.41) is 0. The second-order valence-electron chi connectivity index (χ2n) is 5.29. The fraction of sp³-hybridized carbons (Fsp3) is 0.444. The van der Waals surface area contributed by atoms with Gasteiger partial charge in [-0.15, -0.1) is 0 Å². The van der Waals surface area contributed by atoms with Gasteiger partial charge in [0.1, 0.15) is 6.29 Å². The first-order valence-electron chi connectivity index (χ1n) is 7.10. The maximum absolute atomic E-state index is 10.6. The predicted octanol–water partition coefficient (Wildman–Crippen LogP) is 4.85. The molecule has 1 rings (SSSR count). The molecule has 1 atom stereocenters. The van der Waals surface area contributed by atoms with E-state index in [0.717, 1.165) is 24.7 Å². The zero-order chi connectivity index (χ0) is 15.4. The van der Waals surface area contributed by atoms with Gasteiger partial charge in [0.05, 0.1) is 0 Å². The smallest absolute Gasteiger partial charge is 0.159 e. The maximum Gasteiger partial charge on any atom is 0.159 e. The highest BCUT2D eigenvalue weighted by Gasteiger charge is 1.98. The molecule has 0 amide bonds. The van der Waals surface area contributed by atoms with Crippen molar-refractivity contribution in [1.29, 1.82) is 0 Å². The molecule has 1 aromatic rings. The van der Waals surface area contributed by atoms with Crippen LogP contribution < -0.4 is 0 Å². The Hall–Kier alpha value is -1.70. The summed E-state index contributed by atoms with van der Waals surface area (Å²) in [6, 6.07) is 9.23. The van der Waals surface area contributed by atoms with Gasteiger partial charge in [0.2, 0.25) is 0 Å². The van der Waals surface area contributed by atoms with Crippen LogP contribution in [0.3, 0.4) is 0 Å². The van der Waals surface area contributed by atoms with Crippen molar-refractivity contribution in [2.24, 2.45) is 5.92 Å². The Morgan fingerprint density at radius 1 is 1.15 bits per heavy atom. The molecule has 0 aliphatic rings. The van der Waals surface area contributed by atoms with Gasteiger partial charge in [0.15, 0.2) is 5.78 Å². The summed E-state index contributed by atoms with van der Waals surface area (Å²) in [6.07, 6.45) is 6.17. The molecular formula is C18H26O2. The van der Waals surface area contributed by atoms with Gasteiger partial charge >= 0.3 is 0 Å². The van der Waals surface area contributed by atoms with Crippen molar-refractivity contribution in [3.05, 3.63) is 47.5 Å². The number of ketones is 1. The molecule has 0 aromatic heterocycles. The maximum atomic E-state index is 10.6. The van der Waals surface area contributed by atoms with E-state index in [1.807, 2.05) is 30.3 Å². The van der Waals surface area contributed by atoms with Crippen molar-refractivity contribution in [3.63, 3.8) is 0 Å². The van der Waals surface area contributed by atoms with Crippen LogP contribution in [-0.2, 0) is 4.79 Å². The number of rotatable bonds is 6. The normalized spacial score (nSPS) is 10.8. The van der Waals surface area contributed by atoms with Gasteiger partial charge in [-0.1, -0.05) is 48.9 Å². The van der Waals surface area contributed by atoms with Crippen LogP contribution in [0.1, 0.15) is 57.3 Å². The van der Waals surface area contributed by atoms with Crippen molar-refractivity contribution in [2.45, 2.75) is 47.0 Å². The van der Waals surface area contributed by atoms with Gasteiger partial charge in [-0.2, -0.15) is 0 Å². The van der Waals surface area contributed by atoms with E-state index in [4.69, 9.17) is 0 Å². The fourth-order valence-corrected chi connectivity index (χ4v) is 1.61. The molecule has 0 radical (unpaired) electrons. The summed E-state index contributed by atoms with van der Waals surface area (Å²) in [5.74, 6) is 0.665. The number of aldehydes is 1. The van der Waals surface area contributed by atoms with Crippen LogP contribution in [0.25, 0.3) is 0 Å². The minimum absolute atomic E-state index is 0.121. The number of hydrogen-bond donors (Lipinski definition) is 0. The molecule has 0 aliphatic carbocycles. The van der Waals surface area contributed by atoms with Crippen molar-refractivity contribution in [1.82, 2.24) is 0 Å². The Bertz CT molecular complexity index is 414. The average Bonchev–Trinajstić information content (AvgIpc) is 2.40. The number of carbonyl (C=O) groups is 2. The third-order valence-corrected chi connectivity index (χ3v) is 2.89. The highest BCUT2D eigenvalue weighted by molar-refractivity contribution is 5.93. The topological polar surface area (TPSA) is 34.1 Å². The number of benzene rings is 1. The third-order valence-electron chi connectivity index (χ3n) is 2.89. The van der Waals surface area contributed by atoms with Crippen molar-refractivity contribution < 1.29 is 9.59 Å². The van der Waals surface area contributed by atoms with Crippen LogP contribution in [0.4, 0.5) is 0 Å². The highest BCUT2D eigenvalue weighted by Crippen LogP contribution is 2.09. The molecule has 2 nitrogen and oxygen atoms in total. The van der Waals surface area contributed by atoms with Gasteiger partial charge in [-0.05, 0) is 39.5 Å². The molecule has 0 spiro atoms. The molecule has 0 fully saturated rings. The zero-order valence-corrected chi connectivity index (χ0v) is 13.1. The van der Waals surface area contributed by atoms with E-state index >= 15 is 0 Å². The summed E-state index contributed by atoms with van der Waals surface area (Å²) in [5.41, 5.74) is 2.14. The predicted molar refractivity (Wildman–Crippen MR) is 85.0 cm³/mol. The van der Waals surface area contributed by atoms with Crippen molar-refractivity contribution in [2.75, 3.05) is 0 Å². The Balaban J connectivity index is 0.000000367. The largest absolute Gasteiger partial charge is 0.303 e. The van der Waals surface area contributed by atoms with Crippen LogP contribution in [0.15, 0.2) is 42.0 Å². The molecule has 1 aromatic carbocycles. The fourth-order valence-electron chi connectivity index (χ4n) is 1.61. The lowest BCUT2D eigenvalue weighted by molar-refractivity contribution is -0.108. The minimum atomic E-state index is 0.121. The van der Waals surface area contributed by atoms with Crippen LogP contribution in [-0.4, -0.2) is 12.1 Å². The monoisotopic (exact) mass is 274 g/mol. The summed E-state index contributed by atoms with van der Waals surface area (Å²) < 4.78 is 0. The second kappa shape index (κ2) is 11.2. The minimum Gasteiger partial charge on any atom is -0.303 e. The molecule has 0 saturated heterocycles. The standard InChI is InChI=1S/C10H18O.C8H8O/c1-9(2)5-4-6-10(3)7-8-11;1-7(9)8-5-3-2-4-6-8/h5,8,10H,4,6-7H2,1-3H3;2-6H,1H3. The Morgan fingerprint density at radius 3 is 2.15 bits per heavy atom. The van der Waals surface area contributed by atoms with E-state index in [-0.39, 0.29) is 5.78 Å². The third kappa shape index (κ3) is 10.2. The summed E-state index contributed by atoms with van der Waals surface area (Å²) in [4.78, 5) is 20.7. The van der Waals surface area contributed by atoms with E-state index in [1.165, 1.54) is 5.57 Å². The molecule has 0 N–H and O–H groups in total. The average molecular weight is 274 g/mol. The molecule has 2 heteroatoms. The van der Waals surface area contributed by atoms with Crippen LogP contribution in [0, 0.1) is 5.92 Å². The first-order chi connectivity index (χ1) is 9.47. The first kappa shape index (κ1) is 18.3. The van der Waals surface area contributed by atoms with E-state index < -0.39 is 0 Å². The van der Waals surface area contributed by atoms with Gasteiger partial charge in [-0.25, -0.2) is 0 Å². The van der Waals surface area contributed by atoms with Crippen LogP contribution >= 0.6 is 0 Å². The SMILES string of the molecule is CC(=O)c1ccccc1.CC(C)=CCCC(C)CC=O. The lowest BCUT2D eigenvalue weighted by atomic mass is 10.0. The number of Topliss-reactive ketones (excluding diaryl/α,β-unsaturated/α-hetero) is 1. The molecule has 20 heavy (non-hydrogen) atoms. The second-order valence-corrected chi connectivity index (χ2v) is 5.29. The summed E-state index contributed by atoms with van der Waals surface area (Å²) in [7, 11) is 0.